The Hall–Kier alpha value is -1.07. The van der Waals surface area contributed by atoms with Gasteiger partial charge in [0.25, 0.3) is 5.91 Å². The van der Waals surface area contributed by atoms with Gasteiger partial charge in [-0.3, -0.25) is 4.79 Å². The zero-order valence-electron chi connectivity index (χ0n) is 9.40. The van der Waals surface area contributed by atoms with Gasteiger partial charge in [-0.2, -0.15) is 0 Å². The predicted octanol–water partition coefficient (Wildman–Crippen LogP) is 0.839. The van der Waals surface area contributed by atoms with Crippen LogP contribution in [0.4, 0.5) is 0 Å². The molecule has 1 aliphatic heterocycles. The molecule has 0 saturated carbocycles. The van der Waals surface area contributed by atoms with Crippen LogP contribution in [0.3, 0.4) is 0 Å². The highest BCUT2D eigenvalue weighted by atomic mass is 35.5. The highest BCUT2D eigenvalue weighted by Gasteiger charge is 2.26. The van der Waals surface area contributed by atoms with Gasteiger partial charge in [0.1, 0.15) is 5.76 Å². The maximum atomic E-state index is 12.1. The summed E-state index contributed by atoms with van der Waals surface area (Å²) in [7, 11) is 0. The molecule has 2 rings (SSSR count). The summed E-state index contributed by atoms with van der Waals surface area (Å²) in [6.45, 7) is 6.19. The lowest BCUT2D eigenvalue weighted by Gasteiger charge is -2.33. The van der Waals surface area contributed by atoms with Crippen LogP contribution in [0.2, 0.25) is 0 Å². The van der Waals surface area contributed by atoms with E-state index in [1.165, 1.54) is 6.39 Å². The number of carbonyl (C=O) groups excluding carboxylic acids is 1. The van der Waals surface area contributed by atoms with E-state index in [0.717, 1.165) is 19.6 Å². The van der Waals surface area contributed by atoms with Crippen molar-refractivity contribution in [1.29, 1.82) is 0 Å². The molecule has 1 N–H and O–H groups in total. The molecule has 0 radical (unpaired) electrons. The lowest BCUT2D eigenvalue weighted by molar-refractivity contribution is 0.0648. The summed E-state index contributed by atoms with van der Waals surface area (Å²) in [6, 6.07) is 0.211. The number of aromatic nitrogens is 1. The number of nitrogens with zero attached hydrogens (tertiary/aromatic N) is 2. The van der Waals surface area contributed by atoms with E-state index in [1.807, 2.05) is 11.8 Å². The SMILES string of the molecule is Cc1ocnc1C(=O)N1CCNC[C@H]1C.Cl. The summed E-state index contributed by atoms with van der Waals surface area (Å²) in [4.78, 5) is 17.8. The maximum Gasteiger partial charge on any atom is 0.276 e. The average Bonchev–Trinajstić information content (AvgIpc) is 2.64. The molecule has 0 spiro atoms. The minimum absolute atomic E-state index is 0. The number of nitrogens with one attached hydrogen (secondary N) is 1. The minimum atomic E-state index is -0.0322. The molecule has 0 aliphatic carbocycles. The van der Waals surface area contributed by atoms with Gasteiger partial charge in [0.05, 0.1) is 0 Å². The highest BCUT2D eigenvalue weighted by Crippen LogP contribution is 2.12. The largest absolute Gasteiger partial charge is 0.448 e. The number of piperazine rings is 1. The Bertz CT molecular complexity index is 367. The normalized spacial score (nSPS) is 20.4. The van der Waals surface area contributed by atoms with E-state index in [1.54, 1.807) is 6.92 Å². The molecule has 1 aromatic rings. The van der Waals surface area contributed by atoms with Gasteiger partial charge < -0.3 is 14.6 Å². The van der Waals surface area contributed by atoms with E-state index in [9.17, 15) is 4.79 Å². The quantitative estimate of drug-likeness (QED) is 0.797. The lowest BCUT2D eigenvalue weighted by atomic mass is 10.2. The summed E-state index contributed by atoms with van der Waals surface area (Å²) < 4.78 is 5.04. The number of oxazole rings is 1. The second kappa shape index (κ2) is 5.32. The Kier molecular flexibility index (Phi) is 4.32. The van der Waals surface area contributed by atoms with Crippen molar-refractivity contribution >= 4 is 18.3 Å². The molecule has 1 aromatic heterocycles. The molecule has 0 bridgehead atoms. The van der Waals surface area contributed by atoms with E-state index in [0.29, 0.717) is 11.5 Å². The molecule has 16 heavy (non-hydrogen) atoms. The first kappa shape index (κ1) is 13.0. The molecule has 1 atom stereocenters. The Labute approximate surface area is 101 Å². The molecule has 5 nitrogen and oxygen atoms in total. The number of amides is 1. The van der Waals surface area contributed by atoms with E-state index in [-0.39, 0.29) is 24.4 Å². The Morgan fingerprint density at radius 3 is 3.00 bits per heavy atom. The first-order valence-electron chi connectivity index (χ1n) is 5.12. The number of carbonyl (C=O) groups is 1. The third-order valence-corrected chi connectivity index (χ3v) is 2.71. The smallest absolute Gasteiger partial charge is 0.276 e. The van der Waals surface area contributed by atoms with Gasteiger partial charge in [-0.15, -0.1) is 12.4 Å². The van der Waals surface area contributed by atoms with Crippen LogP contribution >= 0.6 is 12.4 Å². The van der Waals surface area contributed by atoms with E-state index in [4.69, 9.17) is 4.42 Å². The molecule has 1 saturated heterocycles. The van der Waals surface area contributed by atoms with Crippen molar-refractivity contribution in [1.82, 2.24) is 15.2 Å². The average molecular weight is 246 g/mol. The fourth-order valence-corrected chi connectivity index (χ4v) is 1.79. The predicted molar refractivity (Wildman–Crippen MR) is 61.9 cm³/mol. The standard InChI is InChI=1S/C10H15N3O2.ClH/c1-7-5-11-3-4-13(7)10(14)9-8(2)15-6-12-9;/h6-7,11H,3-5H2,1-2H3;1H/t7-;/m1./s1. The zero-order chi connectivity index (χ0) is 10.8. The van der Waals surface area contributed by atoms with Gasteiger partial charge >= 0.3 is 0 Å². The summed E-state index contributed by atoms with van der Waals surface area (Å²) in [5.74, 6) is 0.556. The van der Waals surface area contributed by atoms with Crippen molar-refractivity contribution in [2.24, 2.45) is 0 Å². The number of hydrogen-bond donors (Lipinski definition) is 1. The van der Waals surface area contributed by atoms with Crippen LogP contribution in [0.1, 0.15) is 23.2 Å². The molecule has 1 aliphatic rings. The molecule has 2 heterocycles. The van der Waals surface area contributed by atoms with Crippen molar-refractivity contribution in [2.75, 3.05) is 19.6 Å². The van der Waals surface area contributed by atoms with Gasteiger partial charge in [0.15, 0.2) is 12.1 Å². The zero-order valence-corrected chi connectivity index (χ0v) is 10.2. The van der Waals surface area contributed by atoms with Crippen LogP contribution < -0.4 is 5.32 Å². The number of halogens is 1. The van der Waals surface area contributed by atoms with Crippen LogP contribution in [0, 0.1) is 6.92 Å². The molecular formula is C10H16ClN3O2. The molecular weight excluding hydrogens is 230 g/mol. The van der Waals surface area contributed by atoms with Crippen LogP contribution in [0.15, 0.2) is 10.8 Å². The van der Waals surface area contributed by atoms with Crippen molar-refractivity contribution < 1.29 is 9.21 Å². The van der Waals surface area contributed by atoms with E-state index < -0.39 is 0 Å². The van der Waals surface area contributed by atoms with Gasteiger partial charge in [0.2, 0.25) is 0 Å². The van der Waals surface area contributed by atoms with Crippen LogP contribution in [0.5, 0.6) is 0 Å². The van der Waals surface area contributed by atoms with E-state index >= 15 is 0 Å². The van der Waals surface area contributed by atoms with E-state index in [2.05, 4.69) is 10.3 Å². The molecule has 6 heteroatoms. The second-order valence-electron chi connectivity index (χ2n) is 3.81. The fraction of sp³-hybridized carbons (Fsp3) is 0.600. The van der Waals surface area contributed by atoms with Gasteiger partial charge in [0, 0.05) is 25.7 Å². The van der Waals surface area contributed by atoms with Gasteiger partial charge in [-0.25, -0.2) is 4.98 Å². The Morgan fingerprint density at radius 1 is 1.69 bits per heavy atom. The Morgan fingerprint density at radius 2 is 2.44 bits per heavy atom. The fourth-order valence-electron chi connectivity index (χ4n) is 1.79. The second-order valence-corrected chi connectivity index (χ2v) is 3.81. The van der Waals surface area contributed by atoms with Crippen molar-refractivity contribution in [2.45, 2.75) is 19.9 Å². The molecule has 1 fully saturated rings. The van der Waals surface area contributed by atoms with Crippen LogP contribution in [-0.2, 0) is 0 Å². The highest BCUT2D eigenvalue weighted by molar-refractivity contribution is 5.93. The summed E-state index contributed by atoms with van der Waals surface area (Å²) in [6.07, 6.45) is 1.31. The van der Waals surface area contributed by atoms with Crippen molar-refractivity contribution in [3.05, 3.63) is 17.8 Å². The first-order chi connectivity index (χ1) is 7.20. The third-order valence-electron chi connectivity index (χ3n) is 2.71. The Balaban J connectivity index is 0.00000128. The monoisotopic (exact) mass is 245 g/mol. The third kappa shape index (κ3) is 2.36. The minimum Gasteiger partial charge on any atom is -0.448 e. The lowest BCUT2D eigenvalue weighted by Crippen LogP contribution is -2.52. The number of aryl methyl sites for hydroxylation is 1. The van der Waals surface area contributed by atoms with Crippen LogP contribution in [0.25, 0.3) is 0 Å². The van der Waals surface area contributed by atoms with Gasteiger partial charge in [-0.05, 0) is 13.8 Å². The van der Waals surface area contributed by atoms with Crippen LogP contribution in [-0.4, -0.2) is 41.5 Å². The van der Waals surface area contributed by atoms with Crippen molar-refractivity contribution in [3.63, 3.8) is 0 Å². The first-order valence-corrected chi connectivity index (χ1v) is 5.12. The van der Waals surface area contributed by atoms with Gasteiger partial charge in [-0.1, -0.05) is 0 Å². The summed E-state index contributed by atoms with van der Waals surface area (Å²) in [5.41, 5.74) is 0.434. The molecule has 0 unspecified atom stereocenters. The molecule has 1 amide bonds. The number of hydrogen-bond acceptors (Lipinski definition) is 4. The molecule has 90 valence electrons. The van der Waals surface area contributed by atoms with Crippen molar-refractivity contribution in [3.8, 4) is 0 Å². The molecule has 0 aromatic carbocycles. The maximum absolute atomic E-state index is 12.1. The summed E-state index contributed by atoms with van der Waals surface area (Å²) in [5, 5.41) is 3.24. The topological polar surface area (TPSA) is 58.4 Å². The number of rotatable bonds is 1. The summed E-state index contributed by atoms with van der Waals surface area (Å²) >= 11 is 0.